The van der Waals surface area contributed by atoms with E-state index < -0.39 is 0 Å². The fourth-order valence-electron chi connectivity index (χ4n) is 8.64. The molecule has 5 atom stereocenters. The lowest BCUT2D eigenvalue weighted by atomic mass is 9.76. The molecule has 1 fully saturated rings. The molecule has 0 bridgehead atoms. The van der Waals surface area contributed by atoms with Crippen LogP contribution in [0, 0.1) is 11.3 Å². The molecule has 1 aliphatic carbocycles. The molecule has 0 spiro atoms. The second kappa shape index (κ2) is 5.95. The highest BCUT2D eigenvalue weighted by Crippen LogP contribution is 2.82. The average molecular weight is 423 g/mol. The third kappa shape index (κ3) is 1.72. The van der Waals surface area contributed by atoms with Crippen LogP contribution in [0.4, 0.5) is 22.9 Å². The molecule has 4 aliphatic rings. The number of para-hydroxylation sites is 2. The lowest BCUT2D eigenvalue weighted by Crippen LogP contribution is -2.55. The van der Waals surface area contributed by atoms with Gasteiger partial charge in [-0.25, -0.2) is 9.47 Å². The first-order valence-corrected chi connectivity index (χ1v) is 12.5. The van der Waals surface area contributed by atoms with E-state index in [2.05, 4.69) is 109 Å². The van der Waals surface area contributed by atoms with Crippen LogP contribution < -0.4 is 14.4 Å². The molecule has 0 radical (unpaired) electrons. The van der Waals surface area contributed by atoms with Crippen LogP contribution in [-0.2, 0) is 5.41 Å². The van der Waals surface area contributed by atoms with Crippen molar-refractivity contribution >= 4 is 22.9 Å². The van der Waals surface area contributed by atoms with Crippen LogP contribution in [0.2, 0.25) is 0 Å². The highest BCUT2D eigenvalue weighted by Gasteiger charge is 2.84. The van der Waals surface area contributed by atoms with Crippen LogP contribution in [0.15, 0.2) is 66.9 Å². The summed E-state index contributed by atoms with van der Waals surface area (Å²) < 4.78 is 2.51. The van der Waals surface area contributed by atoms with E-state index in [9.17, 15) is 0 Å². The van der Waals surface area contributed by atoms with Crippen molar-refractivity contribution in [2.75, 3.05) is 9.80 Å². The number of aromatic nitrogens is 1. The Balaban J connectivity index is 1.60. The summed E-state index contributed by atoms with van der Waals surface area (Å²) in [6, 6.07) is 23.4. The summed E-state index contributed by atoms with van der Waals surface area (Å²) in [4.78, 5) is 5.44. The molecule has 3 heteroatoms. The van der Waals surface area contributed by atoms with Gasteiger partial charge in [-0.15, -0.1) is 0 Å². The van der Waals surface area contributed by atoms with Gasteiger partial charge in [-0.3, -0.25) is 4.90 Å². The monoisotopic (exact) mass is 422 g/mol. The van der Waals surface area contributed by atoms with Gasteiger partial charge in [0.15, 0.2) is 6.17 Å². The standard InChI is InChI=1S/C29H32N3/c1-5-25-28(6-2)21-14-9-11-16-23(21)31-24-17-12-18-30-19(4)20-13-8-10-15-22(20)32(26(24)30)27(31)29(25,28)7-3/h8-19,25,27H,5-7H2,1-4H3/q+1. The van der Waals surface area contributed by atoms with Crippen molar-refractivity contribution in [3.8, 4) is 0 Å². The number of rotatable bonds is 3. The zero-order chi connectivity index (χ0) is 21.8. The highest BCUT2D eigenvalue weighted by molar-refractivity contribution is 5.90. The first-order valence-electron chi connectivity index (χ1n) is 12.5. The van der Waals surface area contributed by atoms with Crippen molar-refractivity contribution in [3.63, 3.8) is 0 Å². The van der Waals surface area contributed by atoms with Gasteiger partial charge < -0.3 is 0 Å². The topological polar surface area (TPSA) is 10.4 Å². The summed E-state index contributed by atoms with van der Waals surface area (Å²) in [6.45, 7) is 9.64. The summed E-state index contributed by atoms with van der Waals surface area (Å²) in [5.41, 5.74) is 7.72. The molecular weight excluding hydrogens is 390 g/mol. The Morgan fingerprint density at radius 2 is 1.53 bits per heavy atom. The van der Waals surface area contributed by atoms with Crippen molar-refractivity contribution in [1.82, 2.24) is 0 Å². The van der Waals surface area contributed by atoms with Gasteiger partial charge in [-0.1, -0.05) is 63.6 Å². The van der Waals surface area contributed by atoms with Gasteiger partial charge in [-0.05, 0) is 55.5 Å². The summed E-state index contributed by atoms with van der Waals surface area (Å²) >= 11 is 0. The van der Waals surface area contributed by atoms with Crippen molar-refractivity contribution in [2.45, 2.75) is 64.6 Å². The Morgan fingerprint density at radius 1 is 0.812 bits per heavy atom. The third-order valence-corrected chi connectivity index (χ3v) is 9.63. The molecular formula is C29H32N3+. The van der Waals surface area contributed by atoms with E-state index in [4.69, 9.17) is 0 Å². The number of pyridine rings is 1. The molecule has 162 valence electrons. The third-order valence-electron chi connectivity index (χ3n) is 9.63. The van der Waals surface area contributed by atoms with Gasteiger partial charge in [0.05, 0.1) is 6.20 Å². The molecule has 3 nitrogen and oxygen atoms in total. The molecule has 2 aromatic carbocycles. The van der Waals surface area contributed by atoms with Gasteiger partial charge >= 0.3 is 5.82 Å². The molecule has 5 unspecified atom stereocenters. The van der Waals surface area contributed by atoms with E-state index in [-0.39, 0.29) is 10.8 Å². The summed E-state index contributed by atoms with van der Waals surface area (Å²) in [6.07, 6.45) is 6.26. The minimum absolute atomic E-state index is 0.245. The first-order chi connectivity index (χ1) is 15.7. The molecule has 3 aliphatic heterocycles. The minimum atomic E-state index is 0.245. The van der Waals surface area contributed by atoms with Crippen molar-refractivity contribution in [1.29, 1.82) is 0 Å². The lowest BCUT2D eigenvalue weighted by Gasteiger charge is -2.43. The smallest absolute Gasteiger partial charge is 0.294 e. The maximum atomic E-state index is 2.73. The largest absolute Gasteiger partial charge is 0.308 e. The van der Waals surface area contributed by atoms with Crippen LogP contribution in [0.3, 0.4) is 0 Å². The second-order valence-electron chi connectivity index (χ2n) is 10.2. The average Bonchev–Trinajstić information content (AvgIpc) is 3.32. The van der Waals surface area contributed by atoms with E-state index in [1.54, 1.807) is 5.56 Å². The first kappa shape index (κ1) is 18.7. The predicted molar refractivity (Wildman–Crippen MR) is 130 cm³/mol. The van der Waals surface area contributed by atoms with E-state index >= 15 is 0 Å². The normalized spacial score (nSPS) is 32.6. The Hall–Kier alpha value is -2.81. The van der Waals surface area contributed by atoms with Crippen LogP contribution in [0.5, 0.6) is 0 Å². The van der Waals surface area contributed by atoms with Crippen molar-refractivity contribution in [3.05, 3.63) is 78.0 Å². The number of fused-ring (bicyclic) bond motifs is 10. The molecule has 0 saturated heterocycles. The molecule has 7 rings (SSSR count). The minimum Gasteiger partial charge on any atom is -0.294 e. The van der Waals surface area contributed by atoms with E-state index in [1.165, 1.54) is 47.7 Å². The maximum absolute atomic E-state index is 2.73. The molecule has 1 aromatic heterocycles. The number of benzene rings is 2. The predicted octanol–water partition coefficient (Wildman–Crippen LogP) is 6.61. The summed E-state index contributed by atoms with van der Waals surface area (Å²) in [5.74, 6) is 2.08. The Bertz CT molecular complexity index is 1260. The fraction of sp³-hybridized carbons (Fsp3) is 0.414. The molecule has 1 saturated carbocycles. The van der Waals surface area contributed by atoms with Crippen molar-refractivity contribution in [2.24, 2.45) is 11.3 Å². The van der Waals surface area contributed by atoms with Crippen LogP contribution >= 0.6 is 0 Å². The molecule has 3 aromatic rings. The van der Waals surface area contributed by atoms with Gasteiger partial charge in [-0.2, -0.15) is 0 Å². The van der Waals surface area contributed by atoms with Gasteiger partial charge in [0.2, 0.25) is 0 Å². The number of hydrogen-bond acceptors (Lipinski definition) is 2. The molecule has 4 heterocycles. The number of anilines is 4. The molecule has 0 amide bonds. The molecule has 32 heavy (non-hydrogen) atoms. The van der Waals surface area contributed by atoms with Crippen LogP contribution in [0.25, 0.3) is 0 Å². The summed E-state index contributed by atoms with van der Waals surface area (Å²) in [5, 5.41) is 0. The van der Waals surface area contributed by atoms with Gasteiger partial charge in [0, 0.05) is 22.1 Å². The lowest BCUT2D eigenvalue weighted by molar-refractivity contribution is -0.699. The SMILES string of the molecule is CCC1C2(CC)c3ccccc3N3c4ccc[n+]5c4N(c4ccccc4C5C)C3C12CC. The Morgan fingerprint density at radius 3 is 2.28 bits per heavy atom. The van der Waals surface area contributed by atoms with E-state index in [0.717, 1.165) is 0 Å². The highest BCUT2D eigenvalue weighted by atomic mass is 15.5. The zero-order valence-electron chi connectivity index (χ0n) is 19.5. The summed E-state index contributed by atoms with van der Waals surface area (Å²) in [7, 11) is 0. The Labute approximate surface area is 191 Å². The van der Waals surface area contributed by atoms with Gasteiger partial charge in [0.1, 0.15) is 17.4 Å². The van der Waals surface area contributed by atoms with Crippen molar-refractivity contribution < 1.29 is 4.57 Å². The van der Waals surface area contributed by atoms with E-state index in [0.29, 0.717) is 18.1 Å². The number of hydrogen-bond donors (Lipinski definition) is 0. The fourth-order valence-corrected chi connectivity index (χ4v) is 8.64. The molecule has 0 N–H and O–H groups in total. The number of nitrogens with zero attached hydrogens (tertiary/aromatic N) is 3. The van der Waals surface area contributed by atoms with Crippen LogP contribution in [0.1, 0.15) is 64.1 Å². The van der Waals surface area contributed by atoms with Crippen LogP contribution in [-0.4, -0.2) is 6.17 Å². The maximum Gasteiger partial charge on any atom is 0.308 e. The Kier molecular flexibility index (Phi) is 3.48. The quantitative estimate of drug-likeness (QED) is 0.440. The van der Waals surface area contributed by atoms with E-state index in [1.807, 2.05) is 0 Å². The zero-order valence-corrected chi connectivity index (χ0v) is 19.5. The second-order valence-corrected chi connectivity index (χ2v) is 10.2. The van der Waals surface area contributed by atoms with Gasteiger partial charge in [0.25, 0.3) is 0 Å².